The average Bonchev–Trinajstić information content (AvgIpc) is 2.59. The summed E-state index contributed by atoms with van der Waals surface area (Å²) < 4.78 is 5.86. The Labute approximate surface area is 131 Å². The molecule has 0 saturated heterocycles. The van der Waals surface area contributed by atoms with Gasteiger partial charge in [-0.3, -0.25) is 9.78 Å². The van der Waals surface area contributed by atoms with Crippen molar-refractivity contribution in [2.24, 2.45) is 0 Å². The van der Waals surface area contributed by atoms with Crippen LogP contribution in [0, 0.1) is 0 Å². The second kappa shape index (κ2) is 6.73. The molecule has 1 aliphatic carbocycles. The third kappa shape index (κ3) is 3.35. The maximum Gasteiger partial charge on any atom is 0.132 e. The number of hydrogen-bond acceptors (Lipinski definition) is 3. The molecule has 1 fully saturated rings. The van der Waals surface area contributed by atoms with E-state index in [-0.39, 0.29) is 5.41 Å². The number of rotatable bonds is 5. The van der Waals surface area contributed by atoms with Crippen LogP contribution in [0.3, 0.4) is 0 Å². The van der Waals surface area contributed by atoms with Crippen LogP contribution in [0.15, 0.2) is 54.9 Å². The molecule has 3 nitrogen and oxygen atoms in total. The van der Waals surface area contributed by atoms with Crippen molar-refractivity contribution < 1.29 is 9.53 Å². The molecule has 3 heteroatoms. The average molecular weight is 295 g/mol. The fourth-order valence-electron chi connectivity index (χ4n) is 3.28. The molecular weight excluding hydrogens is 274 g/mol. The van der Waals surface area contributed by atoms with Gasteiger partial charge < -0.3 is 4.74 Å². The van der Waals surface area contributed by atoms with Crippen LogP contribution in [-0.2, 0) is 10.2 Å². The molecule has 0 unspecified atom stereocenters. The highest BCUT2D eigenvalue weighted by Crippen LogP contribution is 2.41. The lowest BCUT2D eigenvalue weighted by Crippen LogP contribution is -2.33. The summed E-state index contributed by atoms with van der Waals surface area (Å²) in [5, 5.41) is 0. The fraction of sp³-hybridized carbons (Fsp3) is 0.368. The van der Waals surface area contributed by atoms with Crippen LogP contribution in [-0.4, -0.2) is 17.4 Å². The van der Waals surface area contributed by atoms with Gasteiger partial charge in [0.1, 0.15) is 11.5 Å². The van der Waals surface area contributed by atoms with Gasteiger partial charge in [0.25, 0.3) is 0 Å². The first-order valence-corrected chi connectivity index (χ1v) is 7.89. The summed E-state index contributed by atoms with van der Waals surface area (Å²) in [4.78, 5) is 15.6. The largest absolute Gasteiger partial charge is 0.493 e. The highest BCUT2D eigenvalue weighted by atomic mass is 16.5. The molecule has 1 aliphatic rings. The van der Waals surface area contributed by atoms with E-state index in [1.807, 2.05) is 18.2 Å². The normalized spacial score (nSPS) is 17.2. The number of ether oxygens (including phenoxy) is 1. The third-order valence-corrected chi connectivity index (χ3v) is 4.65. The molecule has 3 rings (SSSR count). The molecular formula is C19H21NO2. The molecule has 1 heterocycles. The zero-order chi connectivity index (χ0) is 15.3. The van der Waals surface area contributed by atoms with Crippen molar-refractivity contribution in [3.05, 3.63) is 60.4 Å². The Morgan fingerprint density at radius 2 is 1.68 bits per heavy atom. The van der Waals surface area contributed by atoms with Gasteiger partial charge >= 0.3 is 0 Å². The number of Topliss-reactive ketones (excluding diaryl/α,β-unsaturated/α-hetero) is 1. The quantitative estimate of drug-likeness (QED) is 0.839. The Balaban J connectivity index is 1.71. The lowest BCUT2D eigenvalue weighted by molar-refractivity contribution is -0.121. The minimum absolute atomic E-state index is 0.0716. The molecule has 1 aromatic heterocycles. The molecule has 22 heavy (non-hydrogen) atoms. The first kappa shape index (κ1) is 14.8. The molecule has 0 amide bonds. The SMILES string of the molecule is O=C1CCC(CCOc2ccncc2)(c2ccccc2)CC1. The van der Waals surface area contributed by atoms with Crippen molar-refractivity contribution >= 4 is 5.78 Å². The van der Waals surface area contributed by atoms with Crippen molar-refractivity contribution in [3.8, 4) is 5.75 Å². The van der Waals surface area contributed by atoms with Crippen molar-refractivity contribution in [3.63, 3.8) is 0 Å². The Hall–Kier alpha value is -2.16. The van der Waals surface area contributed by atoms with Gasteiger partial charge in [0.2, 0.25) is 0 Å². The summed E-state index contributed by atoms with van der Waals surface area (Å²) in [5.74, 6) is 1.24. The molecule has 1 saturated carbocycles. The van der Waals surface area contributed by atoms with E-state index in [0.717, 1.165) is 25.0 Å². The lowest BCUT2D eigenvalue weighted by atomic mass is 9.67. The summed E-state index contributed by atoms with van der Waals surface area (Å²) in [6.45, 7) is 0.660. The van der Waals surface area contributed by atoms with Crippen LogP contribution in [0.5, 0.6) is 5.75 Å². The van der Waals surface area contributed by atoms with Crippen LogP contribution in [0.2, 0.25) is 0 Å². The van der Waals surface area contributed by atoms with Gasteiger partial charge in [-0.05, 0) is 42.4 Å². The summed E-state index contributed by atoms with van der Waals surface area (Å²) >= 11 is 0. The van der Waals surface area contributed by atoms with Crippen molar-refractivity contribution in [2.45, 2.75) is 37.5 Å². The maximum atomic E-state index is 11.6. The van der Waals surface area contributed by atoms with Gasteiger partial charge in [0.15, 0.2) is 0 Å². The Morgan fingerprint density at radius 3 is 2.36 bits per heavy atom. The molecule has 2 aromatic rings. The van der Waals surface area contributed by atoms with E-state index in [4.69, 9.17) is 4.74 Å². The van der Waals surface area contributed by atoms with E-state index >= 15 is 0 Å². The number of aromatic nitrogens is 1. The van der Waals surface area contributed by atoms with Crippen LogP contribution in [0.1, 0.15) is 37.7 Å². The van der Waals surface area contributed by atoms with E-state index in [1.165, 1.54) is 5.56 Å². The molecule has 1 aromatic carbocycles. The van der Waals surface area contributed by atoms with E-state index in [2.05, 4.69) is 29.2 Å². The molecule has 0 aliphatic heterocycles. The minimum Gasteiger partial charge on any atom is -0.493 e. The number of pyridine rings is 1. The van der Waals surface area contributed by atoms with Crippen LogP contribution in [0.25, 0.3) is 0 Å². The molecule has 0 spiro atoms. The van der Waals surface area contributed by atoms with E-state index < -0.39 is 0 Å². The van der Waals surface area contributed by atoms with Crippen LogP contribution >= 0.6 is 0 Å². The monoisotopic (exact) mass is 295 g/mol. The zero-order valence-electron chi connectivity index (χ0n) is 12.7. The second-order valence-corrected chi connectivity index (χ2v) is 5.97. The van der Waals surface area contributed by atoms with Crippen molar-refractivity contribution in [1.29, 1.82) is 0 Å². The van der Waals surface area contributed by atoms with Crippen LogP contribution in [0.4, 0.5) is 0 Å². The first-order valence-electron chi connectivity index (χ1n) is 7.89. The highest BCUT2D eigenvalue weighted by Gasteiger charge is 2.36. The van der Waals surface area contributed by atoms with Gasteiger partial charge in [-0.25, -0.2) is 0 Å². The summed E-state index contributed by atoms with van der Waals surface area (Å²) in [5.41, 5.74) is 1.41. The number of carbonyl (C=O) groups is 1. The third-order valence-electron chi connectivity index (χ3n) is 4.65. The molecule has 0 N–H and O–H groups in total. The van der Waals surface area contributed by atoms with E-state index in [0.29, 0.717) is 25.2 Å². The number of ketones is 1. The number of nitrogens with zero attached hydrogens (tertiary/aromatic N) is 1. The van der Waals surface area contributed by atoms with Crippen molar-refractivity contribution in [2.75, 3.05) is 6.61 Å². The fourth-order valence-corrected chi connectivity index (χ4v) is 3.28. The van der Waals surface area contributed by atoms with Gasteiger partial charge in [0, 0.05) is 25.2 Å². The number of hydrogen-bond donors (Lipinski definition) is 0. The molecule has 0 atom stereocenters. The number of carbonyl (C=O) groups excluding carboxylic acids is 1. The highest BCUT2D eigenvalue weighted by molar-refractivity contribution is 5.79. The predicted molar refractivity (Wildman–Crippen MR) is 85.9 cm³/mol. The topological polar surface area (TPSA) is 39.2 Å². The summed E-state index contributed by atoms with van der Waals surface area (Å²) in [7, 11) is 0. The lowest BCUT2D eigenvalue weighted by Gasteiger charge is -2.37. The Kier molecular flexibility index (Phi) is 4.52. The standard InChI is InChI=1S/C19H21NO2/c21-17-6-10-19(11-7-17,16-4-2-1-3-5-16)12-15-22-18-8-13-20-14-9-18/h1-5,8-9,13-14H,6-7,10-12,15H2. The summed E-state index contributed by atoms with van der Waals surface area (Å²) in [6, 6.07) is 14.3. The molecule has 0 bridgehead atoms. The van der Waals surface area contributed by atoms with E-state index in [9.17, 15) is 4.79 Å². The Morgan fingerprint density at radius 1 is 1.00 bits per heavy atom. The Bertz CT molecular complexity index is 600. The van der Waals surface area contributed by atoms with E-state index in [1.54, 1.807) is 12.4 Å². The van der Waals surface area contributed by atoms with Gasteiger partial charge in [-0.2, -0.15) is 0 Å². The number of benzene rings is 1. The predicted octanol–water partition coefficient (Wildman–Crippen LogP) is 3.93. The van der Waals surface area contributed by atoms with Gasteiger partial charge in [-0.15, -0.1) is 0 Å². The maximum absolute atomic E-state index is 11.6. The van der Waals surface area contributed by atoms with Crippen molar-refractivity contribution in [1.82, 2.24) is 4.98 Å². The second-order valence-electron chi connectivity index (χ2n) is 5.97. The van der Waals surface area contributed by atoms with Crippen LogP contribution < -0.4 is 4.74 Å². The smallest absolute Gasteiger partial charge is 0.132 e. The molecule has 0 radical (unpaired) electrons. The van der Waals surface area contributed by atoms with Gasteiger partial charge in [0.05, 0.1) is 6.61 Å². The summed E-state index contributed by atoms with van der Waals surface area (Å²) in [6.07, 6.45) is 7.63. The molecule has 114 valence electrons. The van der Waals surface area contributed by atoms with Gasteiger partial charge in [-0.1, -0.05) is 30.3 Å². The zero-order valence-corrected chi connectivity index (χ0v) is 12.7. The minimum atomic E-state index is 0.0716. The first-order chi connectivity index (χ1) is 10.8.